The van der Waals surface area contributed by atoms with Crippen molar-refractivity contribution >= 4 is 0 Å². The van der Waals surface area contributed by atoms with Gasteiger partial charge in [-0.1, -0.05) is 0 Å². The molecule has 0 bridgehead atoms. The summed E-state index contributed by atoms with van der Waals surface area (Å²) in [6, 6.07) is 6.01. The maximum absolute atomic E-state index is 5.99. The summed E-state index contributed by atoms with van der Waals surface area (Å²) in [4.78, 5) is 2.41. The first-order valence-electron chi connectivity index (χ1n) is 8.60. The number of ether oxygens (including phenoxy) is 4. The Kier molecular flexibility index (Phi) is 4.76. The number of nitrogens with zero attached hydrogens (tertiary/aromatic N) is 3. The molecule has 134 valence electrons. The molecule has 1 saturated heterocycles. The molecular weight excluding hydrogens is 322 g/mol. The number of aromatic nitrogens is 2. The van der Waals surface area contributed by atoms with Crippen LogP contribution in [0.15, 0.2) is 30.6 Å². The lowest BCUT2D eigenvalue weighted by Crippen LogP contribution is -2.34. The summed E-state index contributed by atoms with van der Waals surface area (Å²) >= 11 is 0. The fourth-order valence-electron chi connectivity index (χ4n) is 3.37. The molecule has 1 aromatic carbocycles. The van der Waals surface area contributed by atoms with Crippen LogP contribution in [0, 0.1) is 0 Å². The monoisotopic (exact) mass is 345 g/mol. The summed E-state index contributed by atoms with van der Waals surface area (Å²) in [5, 5.41) is 4.28. The van der Waals surface area contributed by atoms with E-state index in [9.17, 15) is 0 Å². The molecule has 1 fully saturated rings. The summed E-state index contributed by atoms with van der Waals surface area (Å²) in [6.07, 6.45) is 4.93. The van der Waals surface area contributed by atoms with Crippen LogP contribution >= 0.6 is 0 Å². The fraction of sp³-hybridized carbons (Fsp3) is 0.500. The van der Waals surface area contributed by atoms with E-state index >= 15 is 0 Å². The van der Waals surface area contributed by atoms with Crippen molar-refractivity contribution in [2.24, 2.45) is 0 Å². The molecule has 0 spiro atoms. The van der Waals surface area contributed by atoms with Gasteiger partial charge in [-0.25, -0.2) is 0 Å². The largest absolute Gasteiger partial charge is 0.493 e. The van der Waals surface area contributed by atoms with E-state index in [-0.39, 0.29) is 12.9 Å². The highest BCUT2D eigenvalue weighted by atomic mass is 16.7. The first-order valence-corrected chi connectivity index (χ1v) is 8.60. The first-order chi connectivity index (χ1) is 12.3. The van der Waals surface area contributed by atoms with E-state index in [2.05, 4.69) is 10.00 Å². The topological polar surface area (TPSA) is 58.0 Å². The molecule has 1 unspecified atom stereocenters. The Balaban J connectivity index is 1.46. The van der Waals surface area contributed by atoms with Crippen molar-refractivity contribution in [2.45, 2.75) is 25.6 Å². The number of methoxy groups -OCH3 is 1. The highest BCUT2D eigenvalue weighted by molar-refractivity contribution is 5.55. The molecule has 1 atom stereocenters. The molecular formula is C18H23N3O4. The number of fused-ring (bicyclic) bond motifs is 1. The van der Waals surface area contributed by atoms with Crippen LogP contribution in [0.4, 0.5) is 0 Å². The van der Waals surface area contributed by atoms with Gasteiger partial charge in [-0.2, -0.15) is 5.10 Å². The normalized spacial score (nSPS) is 20.4. The van der Waals surface area contributed by atoms with Crippen LogP contribution in [0.3, 0.4) is 0 Å². The lowest BCUT2D eigenvalue weighted by Gasteiger charge is -2.24. The predicted octanol–water partition coefficient (Wildman–Crippen LogP) is 1.91. The highest BCUT2D eigenvalue weighted by Crippen LogP contribution is 2.42. The Labute approximate surface area is 147 Å². The molecule has 0 saturated carbocycles. The van der Waals surface area contributed by atoms with Crippen LogP contribution in [0.1, 0.15) is 12.0 Å². The van der Waals surface area contributed by atoms with Gasteiger partial charge in [-0.05, 0) is 30.2 Å². The molecule has 25 heavy (non-hydrogen) atoms. The average Bonchev–Trinajstić information content (AvgIpc) is 3.24. The van der Waals surface area contributed by atoms with E-state index in [1.807, 2.05) is 29.1 Å². The lowest BCUT2D eigenvalue weighted by atomic mass is 10.1. The van der Waals surface area contributed by atoms with Crippen molar-refractivity contribution in [2.75, 3.05) is 33.6 Å². The first kappa shape index (κ1) is 16.2. The summed E-state index contributed by atoms with van der Waals surface area (Å²) in [5.41, 5.74) is 1.15. The molecule has 7 nitrogen and oxygen atoms in total. The Hall–Kier alpha value is -2.25. The van der Waals surface area contributed by atoms with Gasteiger partial charge in [0, 0.05) is 38.6 Å². The summed E-state index contributed by atoms with van der Waals surface area (Å²) < 4.78 is 24.4. The summed E-state index contributed by atoms with van der Waals surface area (Å²) in [6.45, 7) is 4.51. The second-order valence-corrected chi connectivity index (χ2v) is 6.34. The SMILES string of the molecule is COc1cc(CN2CCCOC(Cn3cccn3)C2)cc2c1OCO2. The van der Waals surface area contributed by atoms with E-state index in [0.717, 1.165) is 56.3 Å². The van der Waals surface area contributed by atoms with E-state index in [1.165, 1.54) is 0 Å². The third-order valence-corrected chi connectivity index (χ3v) is 4.51. The summed E-state index contributed by atoms with van der Waals surface area (Å²) in [5.74, 6) is 2.18. The number of hydrogen-bond donors (Lipinski definition) is 0. The van der Waals surface area contributed by atoms with E-state index < -0.39 is 0 Å². The van der Waals surface area contributed by atoms with Crippen LogP contribution < -0.4 is 14.2 Å². The summed E-state index contributed by atoms with van der Waals surface area (Å²) in [7, 11) is 1.65. The van der Waals surface area contributed by atoms with Gasteiger partial charge >= 0.3 is 0 Å². The molecule has 0 N–H and O–H groups in total. The maximum atomic E-state index is 5.99. The van der Waals surface area contributed by atoms with Gasteiger partial charge in [0.15, 0.2) is 11.5 Å². The molecule has 7 heteroatoms. The van der Waals surface area contributed by atoms with Gasteiger partial charge in [-0.15, -0.1) is 0 Å². The Morgan fingerprint density at radius 3 is 3.12 bits per heavy atom. The molecule has 3 heterocycles. The highest BCUT2D eigenvalue weighted by Gasteiger charge is 2.23. The third-order valence-electron chi connectivity index (χ3n) is 4.51. The minimum Gasteiger partial charge on any atom is -0.493 e. The molecule has 1 aromatic heterocycles. The molecule has 0 radical (unpaired) electrons. The van der Waals surface area contributed by atoms with E-state index in [4.69, 9.17) is 18.9 Å². The second kappa shape index (κ2) is 7.33. The Morgan fingerprint density at radius 1 is 1.32 bits per heavy atom. The molecule has 4 rings (SSSR count). The Bertz CT molecular complexity index is 705. The van der Waals surface area contributed by atoms with Crippen molar-refractivity contribution in [3.63, 3.8) is 0 Å². The quantitative estimate of drug-likeness (QED) is 0.825. The van der Waals surface area contributed by atoms with E-state index in [0.29, 0.717) is 5.75 Å². The zero-order chi connectivity index (χ0) is 17.1. The molecule has 0 aliphatic carbocycles. The zero-order valence-corrected chi connectivity index (χ0v) is 14.4. The number of hydrogen-bond acceptors (Lipinski definition) is 6. The van der Waals surface area contributed by atoms with Crippen molar-refractivity contribution in [3.05, 3.63) is 36.2 Å². The van der Waals surface area contributed by atoms with Crippen molar-refractivity contribution in [1.29, 1.82) is 0 Å². The van der Waals surface area contributed by atoms with Crippen LogP contribution in [0.25, 0.3) is 0 Å². The number of rotatable bonds is 5. The minimum absolute atomic E-state index is 0.137. The van der Waals surface area contributed by atoms with Gasteiger partial charge < -0.3 is 18.9 Å². The van der Waals surface area contributed by atoms with Crippen molar-refractivity contribution in [1.82, 2.24) is 14.7 Å². The maximum Gasteiger partial charge on any atom is 0.231 e. The average molecular weight is 345 g/mol. The predicted molar refractivity (Wildman–Crippen MR) is 91.0 cm³/mol. The van der Waals surface area contributed by atoms with Gasteiger partial charge in [-0.3, -0.25) is 9.58 Å². The van der Waals surface area contributed by atoms with Gasteiger partial charge in [0.1, 0.15) is 0 Å². The van der Waals surface area contributed by atoms with E-state index in [1.54, 1.807) is 13.3 Å². The zero-order valence-electron chi connectivity index (χ0n) is 14.4. The smallest absolute Gasteiger partial charge is 0.231 e. The number of benzene rings is 1. The minimum atomic E-state index is 0.137. The van der Waals surface area contributed by atoms with Crippen molar-refractivity contribution in [3.8, 4) is 17.2 Å². The van der Waals surface area contributed by atoms with Gasteiger partial charge in [0.25, 0.3) is 0 Å². The van der Waals surface area contributed by atoms with Crippen LogP contribution in [0.5, 0.6) is 17.2 Å². The van der Waals surface area contributed by atoms with Crippen LogP contribution in [0.2, 0.25) is 0 Å². The van der Waals surface area contributed by atoms with Gasteiger partial charge in [0.05, 0.1) is 19.8 Å². The standard InChI is InChI=1S/C18H23N3O4/c1-22-16-8-14(9-17-18(16)25-13-24-17)10-20-5-3-7-23-15(11-20)12-21-6-2-4-19-21/h2,4,6,8-9,15H,3,5,7,10-13H2,1H3. The van der Waals surface area contributed by atoms with Gasteiger partial charge in [0.2, 0.25) is 12.5 Å². The lowest BCUT2D eigenvalue weighted by molar-refractivity contribution is 0.0391. The third kappa shape index (κ3) is 3.72. The molecule has 0 amide bonds. The fourth-order valence-corrected chi connectivity index (χ4v) is 3.37. The van der Waals surface area contributed by atoms with Crippen molar-refractivity contribution < 1.29 is 18.9 Å². The van der Waals surface area contributed by atoms with Crippen LogP contribution in [-0.2, 0) is 17.8 Å². The molecule has 2 aliphatic rings. The molecule has 2 aromatic rings. The van der Waals surface area contributed by atoms with Crippen LogP contribution in [-0.4, -0.2) is 54.4 Å². The second-order valence-electron chi connectivity index (χ2n) is 6.34. The molecule has 2 aliphatic heterocycles. The Morgan fingerprint density at radius 2 is 2.28 bits per heavy atom.